The number of benzene rings is 3. The van der Waals surface area contributed by atoms with Crippen LogP contribution in [-0.2, 0) is 14.2 Å². The van der Waals surface area contributed by atoms with E-state index in [0.29, 0.717) is 93.0 Å². The van der Waals surface area contributed by atoms with E-state index in [9.17, 15) is 41.9 Å². The van der Waals surface area contributed by atoms with Gasteiger partial charge in [0.25, 0.3) is 17.7 Å². The molecule has 6 aliphatic heterocycles. The zero-order valence-corrected chi connectivity index (χ0v) is 45.7. The summed E-state index contributed by atoms with van der Waals surface area (Å²) < 4.78 is 55.7. The van der Waals surface area contributed by atoms with Gasteiger partial charge in [0.1, 0.15) is 17.5 Å². The van der Waals surface area contributed by atoms with Crippen molar-refractivity contribution >= 4 is 36.0 Å². The summed E-state index contributed by atoms with van der Waals surface area (Å²) >= 11 is 0. The Morgan fingerprint density at radius 3 is 1.15 bits per heavy atom. The second-order valence-electron chi connectivity index (χ2n) is 21.7. The Labute approximate surface area is 458 Å². The number of nitrogens with one attached hydrogen (secondary N) is 3. The first-order chi connectivity index (χ1) is 37.8. The molecule has 18 heteroatoms. The molecular formula is C60H81F3N6O9. The zero-order chi connectivity index (χ0) is 55.6. The molecule has 9 rings (SSSR count). The van der Waals surface area contributed by atoms with Crippen LogP contribution in [0, 0.1) is 35.2 Å². The van der Waals surface area contributed by atoms with E-state index >= 15 is 0 Å². The fourth-order valence-electron chi connectivity index (χ4n) is 13.0. The molecule has 0 spiro atoms. The number of amides is 6. The molecule has 426 valence electrons. The highest BCUT2D eigenvalue weighted by Crippen LogP contribution is 2.43. The molecule has 6 amide bonds. The van der Waals surface area contributed by atoms with Gasteiger partial charge < -0.3 is 44.9 Å². The van der Waals surface area contributed by atoms with Crippen molar-refractivity contribution in [3.8, 4) is 0 Å². The molecular weight excluding hydrogens is 1010 g/mol. The highest BCUT2D eigenvalue weighted by atomic mass is 19.1. The van der Waals surface area contributed by atoms with Crippen molar-refractivity contribution in [2.45, 2.75) is 173 Å². The monoisotopic (exact) mass is 1090 g/mol. The number of carbonyl (C=O) groups is 6. The van der Waals surface area contributed by atoms with E-state index in [4.69, 9.17) is 14.2 Å². The average Bonchev–Trinajstić information content (AvgIpc) is 4.01. The lowest BCUT2D eigenvalue weighted by atomic mass is 9.87. The number of hydrogen-bond acceptors (Lipinski definition) is 9. The lowest BCUT2D eigenvalue weighted by Gasteiger charge is -2.38. The maximum absolute atomic E-state index is 13.6. The van der Waals surface area contributed by atoms with Crippen LogP contribution in [0.4, 0.5) is 27.6 Å². The number of piperidine rings is 3. The predicted octanol–water partition coefficient (Wildman–Crippen LogP) is 11.2. The van der Waals surface area contributed by atoms with E-state index in [1.807, 2.05) is 65.8 Å². The maximum atomic E-state index is 13.6. The van der Waals surface area contributed by atoms with E-state index in [0.717, 1.165) is 128 Å². The fraction of sp³-hybridized carbons (Fsp3) is 0.600. The van der Waals surface area contributed by atoms with Crippen molar-refractivity contribution in [1.29, 1.82) is 0 Å². The van der Waals surface area contributed by atoms with Crippen molar-refractivity contribution < 1.29 is 56.1 Å². The molecule has 0 aromatic heterocycles. The molecule has 6 fully saturated rings. The number of ether oxygens (including phenoxy) is 3. The van der Waals surface area contributed by atoms with Crippen molar-refractivity contribution in [2.75, 3.05) is 39.5 Å². The van der Waals surface area contributed by atoms with E-state index < -0.39 is 23.4 Å². The highest BCUT2D eigenvalue weighted by Gasteiger charge is 2.46. The Balaban J connectivity index is 0.000000170. The van der Waals surface area contributed by atoms with Gasteiger partial charge in [0, 0.05) is 67.5 Å². The number of rotatable bonds is 18. The molecule has 0 saturated carbocycles. The zero-order valence-electron chi connectivity index (χ0n) is 45.7. The normalized spacial score (nSPS) is 24.4. The number of halogens is 3. The maximum Gasteiger partial charge on any atom is 0.410 e. The van der Waals surface area contributed by atoms with Gasteiger partial charge in [-0.1, -0.05) is 30.3 Å². The molecule has 0 radical (unpaired) electrons. The van der Waals surface area contributed by atoms with E-state index in [1.54, 1.807) is 12.1 Å². The minimum absolute atomic E-state index is 0.00204. The third-order valence-electron chi connectivity index (χ3n) is 16.5. The van der Waals surface area contributed by atoms with Crippen molar-refractivity contribution in [3.05, 3.63) is 107 Å². The van der Waals surface area contributed by atoms with Gasteiger partial charge in [-0.25, -0.2) is 27.6 Å². The molecule has 15 nitrogen and oxygen atoms in total. The van der Waals surface area contributed by atoms with E-state index in [2.05, 4.69) is 16.0 Å². The molecule has 6 aliphatic rings. The summed E-state index contributed by atoms with van der Waals surface area (Å²) in [6.07, 6.45) is 17.7. The quantitative estimate of drug-likeness (QED) is 0.0827. The molecule has 78 heavy (non-hydrogen) atoms. The molecule has 3 aromatic carbocycles. The van der Waals surface area contributed by atoms with Crippen LogP contribution < -0.4 is 16.0 Å². The van der Waals surface area contributed by atoms with Gasteiger partial charge in [-0.2, -0.15) is 0 Å². The van der Waals surface area contributed by atoms with Gasteiger partial charge in [0.2, 0.25) is 0 Å². The van der Waals surface area contributed by atoms with Crippen LogP contribution in [0.3, 0.4) is 0 Å². The second kappa shape index (κ2) is 29.6. The molecule has 6 bridgehead atoms. The number of fused-ring (bicyclic) bond motifs is 6. The minimum Gasteiger partial charge on any atom is -0.450 e. The first-order valence-corrected chi connectivity index (χ1v) is 28.7. The van der Waals surface area contributed by atoms with Crippen LogP contribution in [-0.4, -0.2) is 126 Å². The average molecular weight is 1090 g/mol. The molecule has 0 aliphatic carbocycles. The van der Waals surface area contributed by atoms with Crippen molar-refractivity contribution in [3.63, 3.8) is 0 Å². The largest absolute Gasteiger partial charge is 0.450 e. The van der Waals surface area contributed by atoms with Gasteiger partial charge in [-0.15, -0.1) is 0 Å². The van der Waals surface area contributed by atoms with Gasteiger partial charge >= 0.3 is 18.3 Å². The van der Waals surface area contributed by atoms with Crippen LogP contribution in [0.2, 0.25) is 0 Å². The Morgan fingerprint density at radius 1 is 0.449 bits per heavy atom. The predicted molar refractivity (Wildman–Crippen MR) is 289 cm³/mol. The van der Waals surface area contributed by atoms with Gasteiger partial charge in [-0.3, -0.25) is 14.4 Å². The summed E-state index contributed by atoms with van der Waals surface area (Å²) in [6.45, 7) is 8.47. The van der Waals surface area contributed by atoms with Gasteiger partial charge in [0.05, 0.1) is 30.9 Å². The Morgan fingerprint density at radius 2 is 0.795 bits per heavy atom. The Bertz CT molecular complexity index is 2430. The summed E-state index contributed by atoms with van der Waals surface area (Å²) in [6, 6.07) is 20.1. The number of nitrogens with zero attached hydrogens (tertiary/aromatic N) is 3. The topological polar surface area (TPSA) is 176 Å². The van der Waals surface area contributed by atoms with Crippen LogP contribution >= 0.6 is 0 Å². The lowest BCUT2D eigenvalue weighted by Crippen LogP contribution is -2.46. The van der Waals surface area contributed by atoms with Gasteiger partial charge in [0.15, 0.2) is 0 Å². The first-order valence-electron chi connectivity index (χ1n) is 28.7. The first kappa shape index (κ1) is 59.3. The van der Waals surface area contributed by atoms with E-state index in [1.165, 1.54) is 12.1 Å². The second-order valence-corrected chi connectivity index (χ2v) is 21.7. The SMILES string of the molecule is CCOC(=O)N1C2CCC1CC(CCCNC(=O)c1ccc(F)cc1F)C2.CCOC(=O)N1C2CCC1CC(CCCNC(=O)c1ccccc1)C2.CCOC(=O)N1C2CCC1CC(CCCNC(=O)c1ccccc1F)C2. The standard InChI is InChI=1S/C20H26F2N2O3.C20H27FN2O3.C20H28N2O3/c1-2-27-20(26)24-15-6-7-16(24)11-13(10-15)4-3-9-23-19(25)17-8-5-14(21)12-18(17)22;1-2-26-20(25)23-15-9-10-16(23)13-14(12-15)6-5-11-22-19(24)17-7-3-4-8-18(17)21;1-2-25-20(24)22-17-10-11-18(22)14-15(13-17)7-6-12-21-19(23)16-8-4-3-5-9-16/h5,8,12-13,15-16H,2-4,6-7,9-11H2,1H3,(H,23,25);3-4,7-8,14-16H,2,5-6,9-13H2,1H3,(H,22,24);3-5,8-9,15,17-18H,2,6-7,10-14H2,1H3,(H,21,23). The molecule has 6 heterocycles. The van der Waals surface area contributed by atoms with Crippen LogP contribution in [0.25, 0.3) is 0 Å². The Kier molecular flexibility index (Phi) is 22.5. The number of carbonyl (C=O) groups excluding carboxylic acids is 6. The third kappa shape index (κ3) is 16.1. The van der Waals surface area contributed by atoms with Gasteiger partial charge in [-0.05, 0) is 190 Å². The molecule has 6 unspecified atom stereocenters. The lowest BCUT2D eigenvalue weighted by molar-refractivity contribution is 0.0581. The fourth-order valence-corrected chi connectivity index (χ4v) is 13.0. The summed E-state index contributed by atoms with van der Waals surface area (Å²) in [5, 5.41) is 8.49. The molecule has 3 N–H and O–H groups in total. The van der Waals surface area contributed by atoms with E-state index in [-0.39, 0.29) is 53.3 Å². The number of hydrogen-bond donors (Lipinski definition) is 3. The van der Waals surface area contributed by atoms with Crippen molar-refractivity contribution in [1.82, 2.24) is 30.7 Å². The molecule has 6 saturated heterocycles. The highest BCUT2D eigenvalue weighted by molar-refractivity contribution is 5.95. The summed E-state index contributed by atoms with van der Waals surface area (Å²) in [5.74, 6) is -1.19. The van der Waals surface area contributed by atoms with Crippen molar-refractivity contribution in [2.24, 2.45) is 17.8 Å². The smallest absolute Gasteiger partial charge is 0.410 e. The van der Waals surface area contributed by atoms with Crippen LogP contribution in [0.5, 0.6) is 0 Å². The minimum atomic E-state index is -0.851. The third-order valence-corrected chi connectivity index (χ3v) is 16.5. The summed E-state index contributed by atoms with van der Waals surface area (Å²) in [5.41, 5.74) is 0.661. The Hall–Kier alpha value is -6.33. The molecule has 3 aromatic rings. The summed E-state index contributed by atoms with van der Waals surface area (Å²) in [4.78, 5) is 78.1. The van der Waals surface area contributed by atoms with Crippen LogP contribution in [0.1, 0.15) is 167 Å². The molecule has 6 atom stereocenters. The summed E-state index contributed by atoms with van der Waals surface area (Å²) in [7, 11) is 0. The van der Waals surface area contributed by atoms with Crippen LogP contribution in [0.15, 0.2) is 72.8 Å².